The van der Waals surface area contributed by atoms with Crippen LogP contribution >= 0.6 is 0 Å². The van der Waals surface area contributed by atoms with Gasteiger partial charge in [-0.1, -0.05) is 0 Å². The van der Waals surface area contributed by atoms with E-state index in [0.29, 0.717) is 6.61 Å². The Morgan fingerprint density at radius 3 is 2.60 bits per heavy atom. The van der Waals surface area contributed by atoms with Gasteiger partial charge in [0.25, 0.3) is 10.1 Å². The van der Waals surface area contributed by atoms with E-state index in [9.17, 15) is 8.42 Å². The third-order valence-corrected chi connectivity index (χ3v) is 2.39. The predicted molar refractivity (Wildman–Crippen MR) is 31.6 cm³/mol. The highest BCUT2D eigenvalue weighted by Crippen LogP contribution is 2.09. The summed E-state index contributed by atoms with van der Waals surface area (Å²) in [6.07, 6.45) is -0.357. The summed E-state index contributed by atoms with van der Waals surface area (Å²) in [5.74, 6) is -0.135. The first kappa shape index (κ1) is 7.93. The van der Waals surface area contributed by atoms with Gasteiger partial charge in [0, 0.05) is 0 Å². The van der Waals surface area contributed by atoms with Crippen molar-refractivity contribution in [2.45, 2.75) is 6.10 Å². The lowest BCUT2D eigenvalue weighted by molar-refractivity contribution is -0.418. The smallest absolute Gasteiger partial charge is 0.269 e. The van der Waals surface area contributed by atoms with Crippen molar-refractivity contribution in [1.82, 2.24) is 0 Å². The molecule has 10 heavy (non-hydrogen) atoms. The summed E-state index contributed by atoms with van der Waals surface area (Å²) < 4.78 is 25.5. The van der Waals surface area contributed by atoms with E-state index in [-0.39, 0.29) is 11.9 Å². The topological polar surface area (TPSA) is 61.8 Å². The van der Waals surface area contributed by atoms with Gasteiger partial charge in [-0.05, 0) is 0 Å². The van der Waals surface area contributed by atoms with Crippen LogP contribution in [0.25, 0.3) is 0 Å². The fourth-order valence-corrected chi connectivity index (χ4v) is 1.28. The van der Waals surface area contributed by atoms with Crippen LogP contribution in [0, 0.1) is 0 Å². The molecule has 0 N–H and O–H groups in total. The highest BCUT2D eigenvalue weighted by molar-refractivity contribution is 7.86. The minimum absolute atomic E-state index is 0.135. The molecule has 1 saturated heterocycles. The molecule has 0 aromatic rings. The Morgan fingerprint density at radius 1 is 1.70 bits per heavy atom. The highest BCUT2D eigenvalue weighted by Gasteiger charge is 2.27. The van der Waals surface area contributed by atoms with E-state index in [2.05, 4.69) is 14.0 Å². The van der Waals surface area contributed by atoms with Crippen molar-refractivity contribution < 1.29 is 22.4 Å². The Bertz CT molecular complexity index is 192. The average molecular weight is 168 g/mol. The van der Waals surface area contributed by atoms with Crippen molar-refractivity contribution in [3.05, 3.63) is 0 Å². The lowest BCUT2D eigenvalue weighted by Crippen LogP contribution is -2.37. The second kappa shape index (κ2) is 2.83. The molecule has 5 nitrogen and oxygen atoms in total. The van der Waals surface area contributed by atoms with Gasteiger partial charge in [-0.2, -0.15) is 8.42 Å². The average Bonchev–Trinajstić information content (AvgIpc) is 1.80. The van der Waals surface area contributed by atoms with Crippen molar-refractivity contribution in [3.8, 4) is 0 Å². The zero-order valence-corrected chi connectivity index (χ0v) is 6.26. The predicted octanol–water partition coefficient (Wildman–Crippen LogP) is -0.707. The summed E-state index contributed by atoms with van der Waals surface area (Å²) in [4.78, 5) is 8.71. The van der Waals surface area contributed by atoms with Crippen molar-refractivity contribution >= 4 is 10.1 Å². The van der Waals surface area contributed by atoms with Crippen LogP contribution in [-0.2, 0) is 24.1 Å². The van der Waals surface area contributed by atoms with Crippen molar-refractivity contribution in [1.29, 1.82) is 0 Å². The molecule has 6 heteroatoms. The molecule has 0 aromatic carbocycles. The number of hydrogen-bond acceptors (Lipinski definition) is 5. The van der Waals surface area contributed by atoms with Gasteiger partial charge in [0.15, 0.2) is 0 Å². The third kappa shape index (κ3) is 1.91. The Labute approximate surface area is 58.9 Å². The van der Waals surface area contributed by atoms with Crippen molar-refractivity contribution in [2.24, 2.45) is 0 Å². The maximum absolute atomic E-state index is 10.6. The van der Waals surface area contributed by atoms with Crippen LogP contribution < -0.4 is 0 Å². The quantitative estimate of drug-likeness (QED) is 0.411. The Hall–Kier alpha value is -0.170. The second-order valence-electron chi connectivity index (χ2n) is 1.89. The molecule has 1 rings (SSSR count). The molecule has 0 radical (unpaired) electrons. The zero-order chi connectivity index (χ0) is 7.61. The van der Waals surface area contributed by atoms with E-state index in [1.807, 2.05) is 0 Å². The van der Waals surface area contributed by atoms with E-state index >= 15 is 0 Å². The van der Waals surface area contributed by atoms with E-state index in [1.165, 1.54) is 0 Å². The molecule has 0 aliphatic carbocycles. The molecule has 1 aliphatic rings. The maximum atomic E-state index is 10.6. The molecule has 1 aliphatic heterocycles. The standard InChI is InChI=1S/C4H8O5S/c1-7-10(5,6)3-4-2-8-9-4/h4H,2-3H2,1H3. The van der Waals surface area contributed by atoms with Crippen molar-refractivity contribution in [3.63, 3.8) is 0 Å². The summed E-state index contributed by atoms with van der Waals surface area (Å²) in [6.45, 7) is 0.322. The second-order valence-corrected chi connectivity index (χ2v) is 3.68. The highest BCUT2D eigenvalue weighted by atomic mass is 32.2. The van der Waals surface area contributed by atoms with E-state index < -0.39 is 10.1 Å². The summed E-state index contributed by atoms with van der Waals surface area (Å²) in [5, 5.41) is 0. The lowest BCUT2D eigenvalue weighted by Gasteiger charge is -2.23. The van der Waals surface area contributed by atoms with Gasteiger partial charge in [0.2, 0.25) is 0 Å². The minimum atomic E-state index is -3.38. The SMILES string of the molecule is COS(=O)(=O)CC1COO1. The largest absolute Gasteiger partial charge is 0.273 e. The van der Waals surface area contributed by atoms with Crippen molar-refractivity contribution in [2.75, 3.05) is 19.5 Å². The zero-order valence-electron chi connectivity index (χ0n) is 5.44. The van der Waals surface area contributed by atoms with Crippen LogP contribution in [0.5, 0.6) is 0 Å². The molecule has 1 unspecified atom stereocenters. The number of hydrogen-bond donors (Lipinski definition) is 0. The Kier molecular flexibility index (Phi) is 2.24. The molecule has 0 saturated carbocycles. The van der Waals surface area contributed by atoms with E-state index in [0.717, 1.165) is 7.11 Å². The van der Waals surface area contributed by atoms with Gasteiger partial charge < -0.3 is 0 Å². The van der Waals surface area contributed by atoms with Crippen LogP contribution in [0.4, 0.5) is 0 Å². The first-order valence-electron chi connectivity index (χ1n) is 2.70. The molecule has 0 spiro atoms. The molecule has 0 aromatic heterocycles. The Balaban J connectivity index is 2.36. The summed E-state index contributed by atoms with van der Waals surface area (Å²) in [6, 6.07) is 0. The van der Waals surface area contributed by atoms with Gasteiger partial charge in [-0.25, -0.2) is 9.78 Å². The van der Waals surface area contributed by atoms with Crippen LogP contribution in [0.3, 0.4) is 0 Å². The molecule has 1 heterocycles. The van der Waals surface area contributed by atoms with Gasteiger partial charge in [-0.3, -0.25) is 4.18 Å². The monoisotopic (exact) mass is 168 g/mol. The summed E-state index contributed by atoms with van der Waals surface area (Å²) >= 11 is 0. The molecule has 0 amide bonds. The molecule has 1 atom stereocenters. The molecule has 0 bridgehead atoms. The van der Waals surface area contributed by atoms with Gasteiger partial charge in [-0.15, -0.1) is 0 Å². The van der Waals surface area contributed by atoms with Gasteiger partial charge in [0.05, 0.1) is 7.11 Å². The summed E-state index contributed by atoms with van der Waals surface area (Å²) in [7, 11) is -2.26. The molecular formula is C4H8O5S. The molecule has 1 fully saturated rings. The van der Waals surface area contributed by atoms with Crippen LogP contribution in [0.15, 0.2) is 0 Å². The van der Waals surface area contributed by atoms with Crippen LogP contribution in [0.2, 0.25) is 0 Å². The van der Waals surface area contributed by atoms with Gasteiger partial charge in [0.1, 0.15) is 18.5 Å². The first-order valence-corrected chi connectivity index (χ1v) is 4.28. The van der Waals surface area contributed by atoms with E-state index in [1.54, 1.807) is 0 Å². The van der Waals surface area contributed by atoms with E-state index in [4.69, 9.17) is 0 Å². The lowest BCUT2D eigenvalue weighted by atomic mass is 10.4. The fraction of sp³-hybridized carbons (Fsp3) is 1.00. The number of rotatable bonds is 3. The fourth-order valence-electron chi connectivity index (χ4n) is 0.536. The third-order valence-electron chi connectivity index (χ3n) is 1.10. The Morgan fingerprint density at radius 2 is 2.30 bits per heavy atom. The molecular weight excluding hydrogens is 160 g/mol. The van der Waals surface area contributed by atoms with Crippen LogP contribution in [-0.4, -0.2) is 34.0 Å². The van der Waals surface area contributed by atoms with Crippen LogP contribution in [0.1, 0.15) is 0 Å². The first-order chi connectivity index (χ1) is 4.64. The maximum Gasteiger partial charge on any atom is 0.269 e. The van der Waals surface area contributed by atoms with Gasteiger partial charge >= 0.3 is 0 Å². The summed E-state index contributed by atoms with van der Waals surface area (Å²) in [5.41, 5.74) is 0. The normalized spacial score (nSPS) is 25.9. The minimum Gasteiger partial charge on any atom is -0.273 e. The molecule has 60 valence electrons.